The van der Waals surface area contributed by atoms with E-state index in [1.54, 1.807) is 0 Å². The molecule has 0 aliphatic carbocycles. The molecule has 0 heterocycles. The van der Waals surface area contributed by atoms with Crippen LogP contribution in [0.15, 0.2) is 11.5 Å². The second kappa shape index (κ2) is 4.98. The number of hydrogen-bond acceptors (Lipinski definition) is 4. The molecule has 0 rings (SSSR count). The Hall–Kier alpha value is -0.880. The number of rotatable bonds is 6. The molecule has 0 aliphatic rings. The van der Waals surface area contributed by atoms with E-state index < -0.39 is 20.9 Å². The maximum absolute atomic E-state index is 11.0. The van der Waals surface area contributed by atoms with Crippen molar-refractivity contribution in [1.82, 2.24) is 0 Å². The van der Waals surface area contributed by atoms with Crippen molar-refractivity contribution in [3.05, 3.63) is 11.5 Å². The molecule has 0 atom stereocenters. The highest BCUT2D eigenvalue weighted by atomic mass is 32.2. The third kappa shape index (κ3) is 4.05. The highest BCUT2D eigenvalue weighted by Gasteiger charge is 2.20. The highest BCUT2D eigenvalue weighted by molar-refractivity contribution is 7.91. The van der Waals surface area contributed by atoms with Crippen molar-refractivity contribution in [3.8, 4) is 0 Å². The van der Waals surface area contributed by atoms with E-state index in [4.69, 9.17) is 5.73 Å². The van der Waals surface area contributed by atoms with Crippen molar-refractivity contribution in [2.75, 3.05) is 6.61 Å². The Bertz CT molecular complexity index is 294. The molecule has 0 unspecified atom stereocenters. The van der Waals surface area contributed by atoms with E-state index in [1.807, 2.05) is 6.92 Å². The minimum atomic E-state index is -4.00. The van der Waals surface area contributed by atoms with Crippen molar-refractivity contribution in [1.29, 1.82) is 0 Å². The van der Waals surface area contributed by atoms with Gasteiger partial charge in [0.1, 0.15) is 0 Å². The lowest BCUT2D eigenvalue weighted by Crippen LogP contribution is -2.21. The molecule has 2 N–H and O–H groups in total. The summed E-state index contributed by atoms with van der Waals surface area (Å²) in [7, 11) is -4.00. The van der Waals surface area contributed by atoms with Crippen LogP contribution in [0, 0.1) is 0 Å². The molecule has 0 saturated heterocycles. The van der Waals surface area contributed by atoms with Crippen LogP contribution in [0.3, 0.4) is 0 Å². The zero-order chi connectivity index (χ0) is 10.5. The normalized spacial score (nSPS) is 11.2. The van der Waals surface area contributed by atoms with E-state index in [-0.39, 0.29) is 6.61 Å². The summed E-state index contributed by atoms with van der Waals surface area (Å²) >= 11 is 0. The first-order valence-corrected chi connectivity index (χ1v) is 5.20. The van der Waals surface area contributed by atoms with E-state index in [2.05, 4.69) is 10.8 Å². The first kappa shape index (κ1) is 12.1. The predicted octanol–water partition coefficient (Wildman–Crippen LogP) is 0.132. The van der Waals surface area contributed by atoms with Gasteiger partial charge in [-0.15, -0.1) is 0 Å². The maximum atomic E-state index is 11.0. The second-order valence-electron chi connectivity index (χ2n) is 2.42. The highest BCUT2D eigenvalue weighted by Crippen LogP contribution is 2.06. The molecule has 0 fully saturated rings. The summed E-state index contributed by atoms with van der Waals surface area (Å²) in [5.74, 6) is -1.09. The minimum absolute atomic E-state index is 0.0468. The predicted molar refractivity (Wildman–Crippen MR) is 48.1 cm³/mol. The third-order valence-corrected chi connectivity index (χ3v) is 2.59. The molecule has 0 aliphatic heterocycles. The van der Waals surface area contributed by atoms with Gasteiger partial charge in [0.25, 0.3) is 5.91 Å². The van der Waals surface area contributed by atoms with Gasteiger partial charge in [0, 0.05) is 0 Å². The van der Waals surface area contributed by atoms with E-state index in [0.717, 1.165) is 6.42 Å². The van der Waals surface area contributed by atoms with Crippen LogP contribution < -0.4 is 5.73 Å². The lowest BCUT2D eigenvalue weighted by Gasteiger charge is -2.03. The Morgan fingerprint density at radius 3 is 2.46 bits per heavy atom. The van der Waals surface area contributed by atoms with Gasteiger partial charge in [-0.05, 0) is 6.42 Å². The van der Waals surface area contributed by atoms with Crippen LogP contribution in [-0.4, -0.2) is 20.9 Å². The minimum Gasteiger partial charge on any atom is -0.365 e. The summed E-state index contributed by atoms with van der Waals surface area (Å²) in [5.41, 5.74) is 4.73. The van der Waals surface area contributed by atoms with Gasteiger partial charge in [0.15, 0.2) is 4.91 Å². The number of amides is 1. The SMILES string of the molecule is C=C(C(N)=O)S(=O)(=O)OCCCC. The first-order chi connectivity index (χ1) is 5.91. The Kier molecular flexibility index (Phi) is 4.64. The topological polar surface area (TPSA) is 86.5 Å². The van der Waals surface area contributed by atoms with Gasteiger partial charge in [0.05, 0.1) is 6.61 Å². The van der Waals surface area contributed by atoms with Gasteiger partial charge in [-0.25, -0.2) is 0 Å². The Morgan fingerprint density at radius 1 is 1.54 bits per heavy atom. The smallest absolute Gasteiger partial charge is 0.301 e. The summed E-state index contributed by atoms with van der Waals surface area (Å²) in [6.45, 7) is 4.95. The van der Waals surface area contributed by atoms with Crippen LogP contribution in [0.5, 0.6) is 0 Å². The molecule has 0 aromatic heterocycles. The van der Waals surface area contributed by atoms with Gasteiger partial charge < -0.3 is 5.73 Å². The molecule has 0 aromatic rings. The number of nitrogens with two attached hydrogens (primary N) is 1. The molecule has 0 aromatic carbocycles. The van der Waals surface area contributed by atoms with Crippen molar-refractivity contribution in [3.63, 3.8) is 0 Å². The lowest BCUT2D eigenvalue weighted by atomic mass is 10.4. The van der Waals surface area contributed by atoms with Crippen molar-refractivity contribution in [2.24, 2.45) is 5.73 Å². The van der Waals surface area contributed by atoms with Crippen LogP contribution in [0.4, 0.5) is 0 Å². The van der Waals surface area contributed by atoms with Gasteiger partial charge in [0.2, 0.25) is 0 Å². The summed E-state index contributed by atoms with van der Waals surface area (Å²) in [6.07, 6.45) is 1.41. The molecule has 1 amide bonds. The van der Waals surface area contributed by atoms with Crippen molar-refractivity contribution < 1.29 is 17.4 Å². The van der Waals surface area contributed by atoms with E-state index >= 15 is 0 Å². The quantitative estimate of drug-likeness (QED) is 0.381. The molecule has 0 bridgehead atoms. The molecule has 76 valence electrons. The fourth-order valence-electron chi connectivity index (χ4n) is 0.507. The Morgan fingerprint density at radius 2 is 2.08 bits per heavy atom. The molecule has 0 saturated carbocycles. The Balaban J connectivity index is 4.25. The number of carbonyl (C=O) groups excluding carboxylic acids is 1. The number of carbonyl (C=O) groups is 1. The van der Waals surface area contributed by atoms with Crippen LogP contribution >= 0.6 is 0 Å². The van der Waals surface area contributed by atoms with E-state index in [0.29, 0.717) is 6.42 Å². The molecular weight excluding hydrogens is 194 g/mol. The molecule has 5 nitrogen and oxygen atoms in total. The average Bonchev–Trinajstić information content (AvgIpc) is 2.03. The summed E-state index contributed by atoms with van der Waals surface area (Å²) in [5, 5.41) is 0. The van der Waals surface area contributed by atoms with Crippen LogP contribution in [0.1, 0.15) is 19.8 Å². The van der Waals surface area contributed by atoms with Gasteiger partial charge in [-0.3, -0.25) is 8.98 Å². The zero-order valence-electron chi connectivity index (χ0n) is 7.45. The standard InChI is InChI=1S/C7H13NO4S/c1-3-4-5-12-13(10,11)6(2)7(8)9/h2-5H2,1H3,(H2,8,9). The molecule has 0 spiro atoms. The fraction of sp³-hybridized carbons (Fsp3) is 0.571. The summed E-state index contributed by atoms with van der Waals surface area (Å²) < 4.78 is 26.5. The number of primary amides is 1. The fourth-order valence-corrected chi connectivity index (χ4v) is 1.23. The van der Waals surface area contributed by atoms with Crippen molar-refractivity contribution in [2.45, 2.75) is 19.8 Å². The molecule has 6 heteroatoms. The van der Waals surface area contributed by atoms with Gasteiger partial charge in [-0.1, -0.05) is 19.9 Å². The van der Waals surface area contributed by atoms with Crippen molar-refractivity contribution >= 4 is 16.0 Å². The largest absolute Gasteiger partial charge is 0.365 e. The first-order valence-electron chi connectivity index (χ1n) is 3.80. The van der Waals surface area contributed by atoms with Crippen LogP contribution in [0.2, 0.25) is 0 Å². The molecule has 0 radical (unpaired) electrons. The van der Waals surface area contributed by atoms with Gasteiger partial charge in [-0.2, -0.15) is 8.42 Å². The molecular formula is C7H13NO4S. The third-order valence-electron chi connectivity index (χ3n) is 1.31. The number of hydrogen-bond donors (Lipinski definition) is 1. The van der Waals surface area contributed by atoms with Crippen LogP contribution in [-0.2, 0) is 19.1 Å². The van der Waals surface area contributed by atoms with Crippen LogP contribution in [0.25, 0.3) is 0 Å². The lowest BCUT2D eigenvalue weighted by molar-refractivity contribution is -0.114. The molecule has 13 heavy (non-hydrogen) atoms. The van der Waals surface area contributed by atoms with Gasteiger partial charge >= 0.3 is 10.1 Å². The average molecular weight is 207 g/mol. The number of unbranched alkanes of at least 4 members (excludes halogenated alkanes) is 1. The second-order valence-corrected chi connectivity index (χ2v) is 4.05. The summed E-state index contributed by atoms with van der Waals surface area (Å²) in [4.78, 5) is 9.74. The van der Waals surface area contributed by atoms with E-state index in [1.165, 1.54) is 0 Å². The summed E-state index contributed by atoms with van der Waals surface area (Å²) in [6, 6.07) is 0. The monoisotopic (exact) mass is 207 g/mol. The zero-order valence-corrected chi connectivity index (χ0v) is 8.26. The van der Waals surface area contributed by atoms with E-state index in [9.17, 15) is 13.2 Å². The maximum Gasteiger partial charge on any atom is 0.301 e. The Labute approximate surface area is 77.7 Å².